The van der Waals surface area contributed by atoms with Crippen LogP contribution < -0.4 is 0 Å². The molecule has 4 heterocycles. The molecule has 1 aliphatic carbocycles. The van der Waals surface area contributed by atoms with Gasteiger partial charge in [0.2, 0.25) is 0 Å². The van der Waals surface area contributed by atoms with E-state index in [1.807, 2.05) is 42.7 Å². The Morgan fingerprint density at radius 2 is 1.31 bits per heavy atom. The Morgan fingerprint density at radius 1 is 0.564 bits per heavy atom. The van der Waals surface area contributed by atoms with Crippen molar-refractivity contribution in [1.29, 1.82) is 0 Å². The van der Waals surface area contributed by atoms with Crippen LogP contribution in [0.25, 0.3) is 77.5 Å². The molecule has 5 heteroatoms. The van der Waals surface area contributed by atoms with Gasteiger partial charge in [-0.1, -0.05) is 48.5 Å². The third-order valence-electron chi connectivity index (χ3n) is 7.92. The minimum Gasteiger partial charge on any atom is -0.456 e. The second-order valence-corrected chi connectivity index (χ2v) is 10.1. The van der Waals surface area contributed by atoms with Gasteiger partial charge in [-0.15, -0.1) is 0 Å². The van der Waals surface area contributed by atoms with Gasteiger partial charge in [-0.05, 0) is 47.5 Å². The van der Waals surface area contributed by atoms with E-state index in [1.54, 1.807) is 6.33 Å². The summed E-state index contributed by atoms with van der Waals surface area (Å²) in [6, 6.07) is 29.2. The molecule has 0 radical (unpaired) electrons. The third kappa shape index (κ3) is 2.92. The molecule has 0 aliphatic heterocycles. The van der Waals surface area contributed by atoms with E-state index in [9.17, 15) is 0 Å². The van der Waals surface area contributed by atoms with Gasteiger partial charge >= 0.3 is 0 Å². The van der Waals surface area contributed by atoms with Crippen molar-refractivity contribution in [2.45, 2.75) is 6.42 Å². The summed E-state index contributed by atoms with van der Waals surface area (Å²) in [7, 11) is 0. The van der Waals surface area contributed by atoms with Gasteiger partial charge in [0.05, 0.1) is 11.4 Å². The largest absolute Gasteiger partial charge is 0.456 e. The average molecular weight is 502 g/mol. The van der Waals surface area contributed by atoms with Crippen molar-refractivity contribution >= 4 is 43.9 Å². The molecule has 1 aliphatic rings. The highest BCUT2D eigenvalue weighted by atomic mass is 16.3. The van der Waals surface area contributed by atoms with Crippen molar-refractivity contribution in [2.24, 2.45) is 0 Å². The smallest absolute Gasteiger partial charge is 0.146 e. The molecule has 4 aromatic heterocycles. The molecule has 0 N–H and O–H groups in total. The third-order valence-corrected chi connectivity index (χ3v) is 7.92. The second kappa shape index (κ2) is 7.62. The predicted molar refractivity (Wildman–Crippen MR) is 153 cm³/mol. The highest BCUT2D eigenvalue weighted by Crippen LogP contribution is 2.41. The number of nitrogens with zero attached hydrogens (tertiary/aromatic N) is 3. The lowest BCUT2D eigenvalue weighted by atomic mass is 10.00. The van der Waals surface area contributed by atoms with Crippen LogP contribution in [-0.2, 0) is 6.42 Å². The topological polar surface area (TPSA) is 65.0 Å². The van der Waals surface area contributed by atoms with Crippen LogP contribution >= 0.6 is 0 Å². The highest BCUT2D eigenvalue weighted by molar-refractivity contribution is 6.11. The first-order valence-electron chi connectivity index (χ1n) is 13.0. The number of rotatable bonds is 2. The number of aromatic nitrogens is 3. The summed E-state index contributed by atoms with van der Waals surface area (Å²) in [6.07, 6.45) is 6.26. The van der Waals surface area contributed by atoms with Crippen LogP contribution in [0.4, 0.5) is 0 Å². The lowest BCUT2D eigenvalue weighted by molar-refractivity contribution is 0.668. The fourth-order valence-corrected chi connectivity index (χ4v) is 6.09. The lowest BCUT2D eigenvalue weighted by Gasteiger charge is -2.07. The normalized spacial score (nSPS) is 12.5. The zero-order valence-electron chi connectivity index (χ0n) is 20.7. The minimum absolute atomic E-state index is 0.838. The Morgan fingerprint density at radius 3 is 2.23 bits per heavy atom. The Labute approximate surface area is 222 Å². The quantitative estimate of drug-likeness (QED) is 0.237. The van der Waals surface area contributed by atoms with E-state index >= 15 is 0 Å². The first-order valence-corrected chi connectivity index (χ1v) is 13.0. The van der Waals surface area contributed by atoms with Crippen LogP contribution in [0.5, 0.6) is 0 Å². The molecule has 8 aromatic rings. The molecule has 0 bridgehead atoms. The van der Waals surface area contributed by atoms with Gasteiger partial charge in [-0.3, -0.25) is 4.98 Å². The number of benzene rings is 4. The second-order valence-electron chi connectivity index (χ2n) is 10.1. The molecule has 0 unspecified atom stereocenters. The van der Waals surface area contributed by atoms with E-state index in [-0.39, 0.29) is 0 Å². The molecular formula is C34H19N3O2. The summed E-state index contributed by atoms with van der Waals surface area (Å²) >= 11 is 0. The molecular weight excluding hydrogens is 482 g/mol. The maximum Gasteiger partial charge on any atom is 0.146 e. The fourth-order valence-electron chi connectivity index (χ4n) is 6.09. The number of pyridine rings is 1. The van der Waals surface area contributed by atoms with Crippen LogP contribution in [-0.4, -0.2) is 15.0 Å². The maximum absolute atomic E-state index is 6.29. The van der Waals surface area contributed by atoms with E-state index in [4.69, 9.17) is 13.8 Å². The summed E-state index contributed by atoms with van der Waals surface area (Å²) in [5, 5.41) is 4.19. The average Bonchev–Trinajstić information content (AvgIpc) is 3.67. The van der Waals surface area contributed by atoms with Gasteiger partial charge < -0.3 is 8.83 Å². The van der Waals surface area contributed by atoms with Crippen molar-refractivity contribution in [1.82, 2.24) is 15.0 Å². The van der Waals surface area contributed by atoms with Crippen molar-refractivity contribution in [3.05, 3.63) is 115 Å². The van der Waals surface area contributed by atoms with E-state index < -0.39 is 0 Å². The Bertz CT molecular complexity index is 2280. The van der Waals surface area contributed by atoms with E-state index in [1.165, 1.54) is 16.7 Å². The van der Waals surface area contributed by atoms with Gasteiger partial charge in [0.25, 0.3) is 0 Å². The molecule has 9 rings (SSSR count). The zero-order chi connectivity index (χ0) is 25.5. The summed E-state index contributed by atoms with van der Waals surface area (Å²) in [5.74, 6) is 0. The van der Waals surface area contributed by atoms with Gasteiger partial charge in [0.15, 0.2) is 0 Å². The molecule has 182 valence electrons. The molecule has 39 heavy (non-hydrogen) atoms. The summed E-state index contributed by atoms with van der Waals surface area (Å²) in [5.41, 5.74) is 12.1. The van der Waals surface area contributed by atoms with Gasteiger partial charge in [0, 0.05) is 62.6 Å². The Hall–Kier alpha value is -5.29. The number of hydrogen-bond acceptors (Lipinski definition) is 5. The first-order chi connectivity index (χ1) is 19.3. The predicted octanol–water partition coefficient (Wildman–Crippen LogP) is 8.58. The molecule has 5 nitrogen and oxygen atoms in total. The number of hydrogen-bond donors (Lipinski definition) is 0. The van der Waals surface area contributed by atoms with Gasteiger partial charge in [-0.2, -0.15) is 0 Å². The summed E-state index contributed by atoms with van der Waals surface area (Å²) in [6.45, 7) is 0. The lowest BCUT2D eigenvalue weighted by Crippen LogP contribution is -1.94. The Balaban J connectivity index is 1.23. The zero-order valence-corrected chi connectivity index (χ0v) is 20.7. The van der Waals surface area contributed by atoms with Crippen molar-refractivity contribution < 1.29 is 8.83 Å². The molecule has 0 fully saturated rings. The standard InChI is InChI=1S/C34H19N3O2/c1-2-6-22-19(5-1)14-26-32(36-18-37-33(22)26)21-10-12-31-25(15-21)24-13-20(9-11-30(24)38-31)27-16-35-17-28-23-7-3-4-8-29(23)39-34(27)28/h1-13,15-18H,14H2. The number of furan rings is 2. The van der Waals surface area contributed by atoms with E-state index in [0.29, 0.717) is 0 Å². The molecule has 0 atom stereocenters. The molecule has 0 saturated heterocycles. The van der Waals surface area contributed by atoms with Crippen LogP contribution in [0.3, 0.4) is 0 Å². The monoisotopic (exact) mass is 501 g/mol. The minimum atomic E-state index is 0.838. The van der Waals surface area contributed by atoms with Crippen LogP contribution in [0.15, 0.2) is 112 Å². The van der Waals surface area contributed by atoms with Crippen LogP contribution in [0.2, 0.25) is 0 Å². The van der Waals surface area contributed by atoms with E-state index in [2.05, 4.69) is 64.6 Å². The van der Waals surface area contributed by atoms with Crippen molar-refractivity contribution in [3.63, 3.8) is 0 Å². The molecule has 0 amide bonds. The summed E-state index contributed by atoms with van der Waals surface area (Å²) < 4.78 is 12.5. The molecule has 0 saturated carbocycles. The van der Waals surface area contributed by atoms with E-state index in [0.717, 1.165) is 78.4 Å². The van der Waals surface area contributed by atoms with Gasteiger partial charge in [-0.25, -0.2) is 9.97 Å². The van der Waals surface area contributed by atoms with Crippen LogP contribution in [0, 0.1) is 0 Å². The van der Waals surface area contributed by atoms with Gasteiger partial charge in [0.1, 0.15) is 28.7 Å². The fraction of sp³-hybridized carbons (Fsp3) is 0.0294. The SMILES string of the molecule is c1ccc2c(c1)Cc1c(-c3ccc4oc5ccc(-c6cncc7c6oc6ccccc67)cc5c4c3)ncnc1-2. The molecule has 0 spiro atoms. The number of para-hydroxylation sites is 1. The first kappa shape index (κ1) is 20.7. The van der Waals surface area contributed by atoms with Crippen molar-refractivity contribution in [3.8, 4) is 33.6 Å². The summed E-state index contributed by atoms with van der Waals surface area (Å²) in [4.78, 5) is 13.9. The molecule has 4 aromatic carbocycles. The Kier molecular flexibility index (Phi) is 4.05. The highest BCUT2D eigenvalue weighted by Gasteiger charge is 2.24. The van der Waals surface area contributed by atoms with Crippen molar-refractivity contribution in [2.75, 3.05) is 0 Å². The van der Waals surface area contributed by atoms with Crippen LogP contribution in [0.1, 0.15) is 11.1 Å². The maximum atomic E-state index is 6.29. The number of fused-ring (bicyclic) bond motifs is 9.